The van der Waals surface area contributed by atoms with E-state index in [0.29, 0.717) is 5.56 Å². The minimum absolute atomic E-state index is 0. The zero-order valence-electron chi connectivity index (χ0n) is 12.2. The summed E-state index contributed by atoms with van der Waals surface area (Å²) in [6.07, 6.45) is 3.44. The van der Waals surface area contributed by atoms with Gasteiger partial charge in [0, 0.05) is 17.2 Å². The molecule has 0 N–H and O–H groups in total. The van der Waals surface area contributed by atoms with Crippen LogP contribution < -0.4 is 21.5 Å². The van der Waals surface area contributed by atoms with Crippen LogP contribution in [-0.2, 0) is 6.54 Å². The van der Waals surface area contributed by atoms with E-state index in [4.69, 9.17) is 0 Å². The van der Waals surface area contributed by atoms with Crippen LogP contribution in [0, 0.1) is 5.82 Å². The number of carbonyl (C=O) groups is 1. The van der Waals surface area contributed by atoms with Crippen LogP contribution >= 0.6 is 0 Å². The van der Waals surface area contributed by atoms with Crippen molar-refractivity contribution in [3.63, 3.8) is 0 Å². The van der Waals surface area contributed by atoms with Crippen molar-refractivity contribution in [1.82, 2.24) is 4.98 Å². The van der Waals surface area contributed by atoms with Crippen LogP contribution in [0.1, 0.15) is 10.4 Å². The Hall–Kier alpha value is -2.40. The number of aromatic nitrogens is 2. The van der Waals surface area contributed by atoms with Crippen LogP contribution in [0.2, 0.25) is 0 Å². The van der Waals surface area contributed by atoms with E-state index in [0.717, 1.165) is 11.3 Å². The van der Waals surface area contributed by atoms with Gasteiger partial charge < -0.3 is 17.0 Å². The molecule has 0 atom stereocenters. The van der Waals surface area contributed by atoms with Gasteiger partial charge in [-0.25, -0.2) is 8.96 Å². The minimum atomic E-state index is -0.349. The molecule has 0 unspecified atom stereocenters. The van der Waals surface area contributed by atoms with Crippen molar-refractivity contribution in [2.75, 3.05) is 0 Å². The van der Waals surface area contributed by atoms with Gasteiger partial charge in [-0.3, -0.25) is 4.79 Å². The average Bonchev–Trinajstić information content (AvgIpc) is 2.57. The van der Waals surface area contributed by atoms with Crippen molar-refractivity contribution in [2.24, 2.45) is 0 Å². The average molecular weight is 373 g/mol. The fourth-order valence-corrected chi connectivity index (χ4v) is 2.15. The van der Waals surface area contributed by atoms with Gasteiger partial charge in [0.05, 0.1) is 6.20 Å². The third kappa shape index (κ3) is 4.29. The third-order valence-corrected chi connectivity index (χ3v) is 3.33. The molecule has 0 aliphatic rings. The van der Waals surface area contributed by atoms with Crippen molar-refractivity contribution in [2.45, 2.75) is 6.54 Å². The normalized spacial score (nSPS) is 9.96. The SMILES string of the molecule is O=C(C[n+]1ccc(-c2ccccc2)nc1)c1ccc(F)cc1.[Br-]. The van der Waals surface area contributed by atoms with Crippen LogP contribution in [-0.4, -0.2) is 10.8 Å². The molecule has 0 saturated heterocycles. The molecule has 23 heavy (non-hydrogen) atoms. The lowest BCUT2D eigenvalue weighted by atomic mass is 10.1. The number of ketones is 1. The topological polar surface area (TPSA) is 33.8 Å². The zero-order valence-corrected chi connectivity index (χ0v) is 13.8. The van der Waals surface area contributed by atoms with E-state index >= 15 is 0 Å². The van der Waals surface area contributed by atoms with E-state index in [1.807, 2.05) is 42.6 Å². The maximum absolute atomic E-state index is 12.9. The number of carbonyl (C=O) groups excluding carboxylic acids is 1. The molecule has 0 bridgehead atoms. The summed E-state index contributed by atoms with van der Waals surface area (Å²) in [5.74, 6) is -0.433. The summed E-state index contributed by atoms with van der Waals surface area (Å²) >= 11 is 0. The highest BCUT2D eigenvalue weighted by Crippen LogP contribution is 2.13. The van der Waals surface area contributed by atoms with E-state index in [-0.39, 0.29) is 35.1 Å². The van der Waals surface area contributed by atoms with Gasteiger partial charge in [0.1, 0.15) is 5.82 Å². The van der Waals surface area contributed by atoms with Crippen LogP contribution in [0.15, 0.2) is 73.2 Å². The summed E-state index contributed by atoms with van der Waals surface area (Å²) < 4.78 is 14.6. The van der Waals surface area contributed by atoms with Crippen LogP contribution in [0.25, 0.3) is 11.3 Å². The molecular formula is C18H14BrFN2O. The predicted octanol–water partition coefficient (Wildman–Crippen LogP) is 0.0621. The van der Waals surface area contributed by atoms with E-state index < -0.39 is 0 Å². The lowest BCUT2D eigenvalue weighted by Crippen LogP contribution is -3.00. The molecule has 5 heteroatoms. The first-order valence-electron chi connectivity index (χ1n) is 6.92. The van der Waals surface area contributed by atoms with E-state index in [1.165, 1.54) is 24.3 Å². The Labute approximate surface area is 144 Å². The maximum Gasteiger partial charge on any atom is 0.287 e. The second kappa shape index (κ2) is 7.74. The lowest BCUT2D eigenvalue weighted by Gasteiger charge is -2.01. The van der Waals surface area contributed by atoms with Crippen molar-refractivity contribution < 1.29 is 30.7 Å². The van der Waals surface area contributed by atoms with Gasteiger partial charge in [-0.15, -0.1) is 0 Å². The van der Waals surface area contributed by atoms with Crippen molar-refractivity contribution in [1.29, 1.82) is 0 Å². The van der Waals surface area contributed by atoms with Gasteiger partial charge in [-0.05, 0) is 29.2 Å². The Kier molecular flexibility index (Phi) is 5.71. The predicted molar refractivity (Wildman–Crippen MR) is 80.6 cm³/mol. The summed E-state index contributed by atoms with van der Waals surface area (Å²) in [4.78, 5) is 16.5. The van der Waals surface area contributed by atoms with Crippen LogP contribution in [0.3, 0.4) is 0 Å². The van der Waals surface area contributed by atoms with Crippen molar-refractivity contribution in [3.8, 4) is 11.3 Å². The van der Waals surface area contributed by atoms with Gasteiger partial charge in [0.15, 0.2) is 12.2 Å². The van der Waals surface area contributed by atoms with Gasteiger partial charge in [0.25, 0.3) is 6.33 Å². The Balaban J connectivity index is 0.00000192. The number of benzene rings is 2. The highest BCUT2D eigenvalue weighted by molar-refractivity contribution is 5.94. The van der Waals surface area contributed by atoms with Gasteiger partial charge in [-0.1, -0.05) is 30.3 Å². The molecule has 0 spiro atoms. The summed E-state index contributed by atoms with van der Waals surface area (Å²) in [7, 11) is 0. The van der Waals surface area contributed by atoms with E-state index in [9.17, 15) is 9.18 Å². The fourth-order valence-electron chi connectivity index (χ4n) is 2.15. The molecule has 3 nitrogen and oxygen atoms in total. The summed E-state index contributed by atoms with van der Waals surface area (Å²) in [5, 5.41) is 0. The largest absolute Gasteiger partial charge is 1.00 e. The van der Waals surface area contributed by atoms with Crippen LogP contribution in [0.4, 0.5) is 4.39 Å². The van der Waals surface area contributed by atoms with E-state index in [1.54, 1.807) is 10.9 Å². The minimum Gasteiger partial charge on any atom is -1.00 e. The van der Waals surface area contributed by atoms with Gasteiger partial charge in [-0.2, -0.15) is 0 Å². The summed E-state index contributed by atoms with van der Waals surface area (Å²) in [5.41, 5.74) is 2.37. The first-order chi connectivity index (χ1) is 10.7. The Morgan fingerprint density at radius 1 is 1.00 bits per heavy atom. The number of rotatable bonds is 4. The first kappa shape index (κ1) is 17.0. The standard InChI is InChI=1S/C18H14FN2O.BrH/c19-16-8-6-15(7-9-16)18(22)12-21-11-10-17(20-13-21)14-4-2-1-3-5-14;/h1-11,13H,12H2;1H/q+1;/p-1. The van der Waals surface area contributed by atoms with Crippen molar-refractivity contribution >= 4 is 5.78 Å². The van der Waals surface area contributed by atoms with E-state index in [2.05, 4.69) is 4.98 Å². The second-order valence-electron chi connectivity index (χ2n) is 4.91. The van der Waals surface area contributed by atoms with Gasteiger partial charge >= 0.3 is 0 Å². The Morgan fingerprint density at radius 3 is 2.30 bits per heavy atom. The third-order valence-electron chi connectivity index (χ3n) is 3.33. The summed E-state index contributed by atoms with van der Waals surface area (Å²) in [6.45, 7) is 0.174. The molecule has 0 saturated carbocycles. The Morgan fingerprint density at radius 2 is 1.70 bits per heavy atom. The molecular weight excluding hydrogens is 359 g/mol. The number of halogens is 2. The molecule has 1 heterocycles. The fraction of sp³-hybridized carbons (Fsp3) is 0.0556. The molecule has 3 rings (SSSR count). The Bertz CT molecular complexity index is 774. The highest BCUT2D eigenvalue weighted by Gasteiger charge is 2.11. The number of nitrogens with zero attached hydrogens (tertiary/aromatic N) is 2. The molecule has 2 aromatic carbocycles. The molecule has 3 aromatic rings. The molecule has 0 aliphatic heterocycles. The molecule has 0 radical (unpaired) electrons. The molecule has 1 aromatic heterocycles. The van der Waals surface area contributed by atoms with Crippen molar-refractivity contribution in [3.05, 3.63) is 84.6 Å². The van der Waals surface area contributed by atoms with Gasteiger partial charge in [0.2, 0.25) is 5.78 Å². The number of hydrogen-bond acceptors (Lipinski definition) is 2. The molecule has 116 valence electrons. The molecule has 0 fully saturated rings. The quantitative estimate of drug-likeness (QED) is 0.479. The lowest BCUT2D eigenvalue weighted by molar-refractivity contribution is -0.686. The molecule has 0 aliphatic carbocycles. The second-order valence-corrected chi connectivity index (χ2v) is 4.91. The smallest absolute Gasteiger partial charge is 0.287 e. The monoisotopic (exact) mass is 372 g/mol. The highest BCUT2D eigenvalue weighted by atomic mass is 79.9. The number of hydrogen-bond donors (Lipinski definition) is 0. The first-order valence-corrected chi connectivity index (χ1v) is 6.92. The zero-order chi connectivity index (χ0) is 15.4. The summed E-state index contributed by atoms with van der Waals surface area (Å²) in [6, 6.07) is 17.2. The molecule has 0 amide bonds. The van der Waals surface area contributed by atoms with Crippen LogP contribution in [0.5, 0.6) is 0 Å². The maximum atomic E-state index is 12.9. The number of Topliss-reactive ketones (excluding diaryl/α,β-unsaturated/α-hetero) is 1.